The highest BCUT2D eigenvalue weighted by atomic mass is 16.5. The fourth-order valence-electron chi connectivity index (χ4n) is 1.94. The van der Waals surface area contributed by atoms with Crippen molar-refractivity contribution < 1.29 is 19.4 Å². The molecule has 0 saturated carbocycles. The molecule has 1 aromatic rings. The van der Waals surface area contributed by atoms with Gasteiger partial charge in [0.05, 0.1) is 18.8 Å². The van der Waals surface area contributed by atoms with Crippen LogP contribution < -0.4 is 4.74 Å². The molecule has 124 valence electrons. The van der Waals surface area contributed by atoms with Crippen molar-refractivity contribution in [3.05, 3.63) is 29.8 Å². The molecular formula is C17H27NO4. The minimum Gasteiger partial charge on any atom is -0.494 e. The number of aliphatic hydroxyl groups is 1. The van der Waals surface area contributed by atoms with E-state index >= 15 is 0 Å². The highest BCUT2D eigenvalue weighted by Crippen LogP contribution is 2.13. The van der Waals surface area contributed by atoms with Crippen LogP contribution in [0, 0.1) is 0 Å². The lowest BCUT2D eigenvalue weighted by atomic mass is 10.2. The molecule has 0 aliphatic carbocycles. The van der Waals surface area contributed by atoms with E-state index in [0.717, 1.165) is 25.1 Å². The number of ether oxygens (including phenoxy) is 2. The van der Waals surface area contributed by atoms with Crippen molar-refractivity contribution in [2.75, 3.05) is 39.5 Å². The van der Waals surface area contributed by atoms with Gasteiger partial charge < -0.3 is 14.6 Å². The normalized spacial score (nSPS) is 10.7. The first-order chi connectivity index (χ1) is 10.7. The van der Waals surface area contributed by atoms with Crippen LogP contribution in [0.15, 0.2) is 24.3 Å². The lowest BCUT2D eigenvalue weighted by Gasteiger charge is -2.18. The van der Waals surface area contributed by atoms with Gasteiger partial charge in [0.25, 0.3) is 0 Å². The molecule has 0 aromatic heterocycles. The van der Waals surface area contributed by atoms with Gasteiger partial charge in [-0.3, -0.25) is 4.90 Å². The minimum absolute atomic E-state index is 0.112. The second-order valence-corrected chi connectivity index (χ2v) is 5.02. The van der Waals surface area contributed by atoms with Crippen molar-refractivity contribution in [3.63, 3.8) is 0 Å². The molecule has 0 amide bonds. The molecule has 0 fully saturated rings. The summed E-state index contributed by atoms with van der Waals surface area (Å²) in [4.78, 5) is 13.9. The minimum atomic E-state index is -0.333. The Balaban J connectivity index is 2.35. The van der Waals surface area contributed by atoms with Gasteiger partial charge in [-0.25, -0.2) is 4.79 Å². The average molecular weight is 309 g/mol. The Hall–Kier alpha value is -1.59. The molecule has 5 nitrogen and oxygen atoms in total. The van der Waals surface area contributed by atoms with Crippen LogP contribution in [0.3, 0.4) is 0 Å². The van der Waals surface area contributed by atoms with Crippen molar-refractivity contribution in [2.24, 2.45) is 0 Å². The Morgan fingerprint density at radius 1 is 1.14 bits per heavy atom. The monoisotopic (exact) mass is 309 g/mol. The molecule has 1 rings (SSSR count). The summed E-state index contributed by atoms with van der Waals surface area (Å²) in [6, 6.07) is 7.01. The van der Waals surface area contributed by atoms with Crippen LogP contribution in [0.2, 0.25) is 0 Å². The van der Waals surface area contributed by atoms with E-state index in [4.69, 9.17) is 14.6 Å². The number of carbonyl (C=O) groups is 1. The third-order valence-corrected chi connectivity index (χ3v) is 3.36. The van der Waals surface area contributed by atoms with Gasteiger partial charge in [-0.1, -0.05) is 20.3 Å². The predicted molar refractivity (Wildman–Crippen MR) is 86.3 cm³/mol. The number of hydrogen-bond donors (Lipinski definition) is 1. The Morgan fingerprint density at radius 2 is 1.86 bits per heavy atom. The van der Waals surface area contributed by atoms with E-state index < -0.39 is 0 Å². The number of nitrogens with zero attached hydrogens (tertiary/aromatic N) is 1. The molecule has 22 heavy (non-hydrogen) atoms. The molecule has 0 atom stereocenters. The summed E-state index contributed by atoms with van der Waals surface area (Å²) in [5.41, 5.74) is 0.521. The molecule has 1 aromatic carbocycles. The smallest absolute Gasteiger partial charge is 0.338 e. The summed E-state index contributed by atoms with van der Waals surface area (Å²) in [6.07, 6.45) is 2.11. The zero-order chi connectivity index (χ0) is 16.2. The second kappa shape index (κ2) is 11.0. The van der Waals surface area contributed by atoms with Gasteiger partial charge in [0.15, 0.2) is 0 Å². The standard InChI is InChI=1S/C17H27NO4/c1-3-5-13-21-16-8-6-15(7-9-16)17(20)22-14-11-18(4-2)10-12-19/h6-9,19H,3-5,10-14H2,1-2H3. The van der Waals surface area contributed by atoms with E-state index in [0.29, 0.717) is 31.9 Å². The number of hydrogen-bond acceptors (Lipinski definition) is 5. The SMILES string of the molecule is CCCCOc1ccc(C(=O)OCCN(CC)CCO)cc1. The van der Waals surface area contributed by atoms with Crippen molar-refractivity contribution in [1.29, 1.82) is 0 Å². The Labute approximate surface area is 132 Å². The summed E-state index contributed by atoms with van der Waals surface area (Å²) in [5, 5.41) is 8.90. The second-order valence-electron chi connectivity index (χ2n) is 5.02. The number of esters is 1. The zero-order valence-electron chi connectivity index (χ0n) is 13.6. The van der Waals surface area contributed by atoms with Gasteiger partial charge in [-0.2, -0.15) is 0 Å². The van der Waals surface area contributed by atoms with E-state index in [1.807, 2.05) is 11.8 Å². The molecule has 0 aliphatic heterocycles. The fraction of sp³-hybridized carbons (Fsp3) is 0.588. The first-order valence-corrected chi connectivity index (χ1v) is 7.94. The van der Waals surface area contributed by atoms with Gasteiger partial charge >= 0.3 is 5.97 Å². The Kier molecular flexibility index (Phi) is 9.26. The lowest BCUT2D eigenvalue weighted by Crippen LogP contribution is -2.30. The molecule has 0 unspecified atom stereocenters. The number of benzene rings is 1. The summed E-state index contributed by atoms with van der Waals surface area (Å²) in [6.45, 7) is 7.29. The van der Waals surface area contributed by atoms with Gasteiger partial charge in [-0.05, 0) is 37.2 Å². The number of aliphatic hydroxyl groups excluding tert-OH is 1. The van der Waals surface area contributed by atoms with Gasteiger partial charge in [0.2, 0.25) is 0 Å². The van der Waals surface area contributed by atoms with Gasteiger partial charge in [0.1, 0.15) is 12.4 Å². The molecule has 5 heteroatoms. The van der Waals surface area contributed by atoms with Crippen molar-refractivity contribution >= 4 is 5.97 Å². The first kappa shape index (κ1) is 18.5. The van der Waals surface area contributed by atoms with Crippen molar-refractivity contribution in [3.8, 4) is 5.75 Å². The molecule has 0 saturated heterocycles. The summed E-state index contributed by atoms with van der Waals surface area (Å²) < 4.78 is 10.8. The van der Waals surface area contributed by atoms with Crippen molar-refractivity contribution in [2.45, 2.75) is 26.7 Å². The quantitative estimate of drug-likeness (QED) is 0.502. The van der Waals surface area contributed by atoms with Crippen LogP contribution in [-0.4, -0.2) is 55.4 Å². The maximum Gasteiger partial charge on any atom is 0.338 e. The Morgan fingerprint density at radius 3 is 2.45 bits per heavy atom. The Bertz CT molecular complexity index is 419. The van der Waals surface area contributed by atoms with E-state index in [-0.39, 0.29) is 12.6 Å². The van der Waals surface area contributed by atoms with Crippen LogP contribution >= 0.6 is 0 Å². The molecule has 0 spiro atoms. The summed E-state index contributed by atoms with van der Waals surface area (Å²) in [7, 11) is 0. The molecule has 0 radical (unpaired) electrons. The average Bonchev–Trinajstić information content (AvgIpc) is 2.54. The van der Waals surface area contributed by atoms with E-state index in [1.54, 1.807) is 24.3 Å². The maximum atomic E-state index is 11.9. The van der Waals surface area contributed by atoms with Crippen LogP contribution in [0.1, 0.15) is 37.0 Å². The highest BCUT2D eigenvalue weighted by Gasteiger charge is 2.08. The van der Waals surface area contributed by atoms with Crippen LogP contribution in [0.25, 0.3) is 0 Å². The van der Waals surface area contributed by atoms with Crippen LogP contribution in [0.5, 0.6) is 5.75 Å². The fourth-order valence-corrected chi connectivity index (χ4v) is 1.94. The molecular weight excluding hydrogens is 282 g/mol. The number of rotatable bonds is 11. The third kappa shape index (κ3) is 6.91. The predicted octanol–water partition coefficient (Wildman–Crippen LogP) is 2.34. The first-order valence-electron chi connectivity index (χ1n) is 7.94. The lowest BCUT2D eigenvalue weighted by molar-refractivity contribution is 0.0456. The topological polar surface area (TPSA) is 59.0 Å². The zero-order valence-corrected chi connectivity index (χ0v) is 13.6. The molecule has 0 heterocycles. The van der Waals surface area contributed by atoms with Gasteiger partial charge in [0, 0.05) is 13.1 Å². The number of carbonyl (C=O) groups excluding carboxylic acids is 1. The van der Waals surface area contributed by atoms with E-state index in [2.05, 4.69) is 6.92 Å². The van der Waals surface area contributed by atoms with Crippen LogP contribution in [-0.2, 0) is 4.74 Å². The summed E-state index contributed by atoms with van der Waals surface area (Å²) in [5.74, 6) is 0.435. The van der Waals surface area contributed by atoms with E-state index in [9.17, 15) is 4.79 Å². The highest BCUT2D eigenvalue weighted by molar-refractivity contribution is 5.89. The molecule has 1 N–H and O–H groups in total. The maximum absolute atomic E-state index is 11.9. The number of unbranched alkanes of at least 4 members (excludes halogenated alkanes) is 1. The summed E-state index contributed by atoms with van der Waals surface area (Å²) >= 11 is 0. The van der Waals surface area contributed by atoms with Crippen LogP contribution in [0.4, 0.5) is 0 Å². The largest absolute Gasteiger partial charge is 0.494 e. The third-order valence-electron chi connectivity index (χ3n) is 3.36. The molecule has 0 bridgehead atoms. The van der Waals surface area contributed by atoms with E-state index in [1.165, 1.54) is 0 Å². The number of likely N-dealkylation sites (N-methyl/N-ethyl adjacent to an activating group) is 1. The van der Waals surface area contributed by atoms with Gasteiger partial charge in [-0.15, -0.1) is 0 Å². The van der Waals surface area contributed by atoms with Crippen molar-refractivity contribution in [1.82, 2.24) is 4.90 Å². The molecule has 0 aliphatic rings.